The average Bonchev–Trinajstić information content (AvgIpc) is 3.79. The van der Waals surface area contributed by atoms with E-state index in [1.165, 1.54) is 105 Å². The number of rotatable bonds is 6. The van der Waals surface area contributed by atoms with Crippen LogP contribution < -0.4 is 0 Å². The zero-order chi connectivity index (χ0) is 38.7. The summed E-state index contributed by atoms with van der Waals surface area (Å²) in [5.74, 6) is 0. The maximum Gasteiger partial charge on any atom is 0.0541 e. The third-order valence-electron chi connectivity index (χ3n) is 12.0. The molecule has 2 nitrogen and oxygen atoms in total. The number of benzene rings is 9. The second-order valence-electron chi connectivity index (χ2n) is 15.5. The average molecular weight is 741 g/mol. The second-order valence-corrected chi connectivity index (χ2v) is 15.5. The Morgan fingerprint density at radius 2 is 0.672 bits per heavy atom. The fourth-order valence-corrected chi connectivity index (χ4v) is 9.11. The first kappa shape index (κ1) is 33.9. The Kier molecular flexibility index (Phi) is 7.97. The molecular formula is C56H40N2. The second kappa shape index (κ2) is 13.7. The highest BCUT2D eigenvalue weighted by molar-refractivity contribution is 6.12. The normalized spacial score (nSPS) is 11.6. The van der Waals surface area contributed by atoms with E-state index in [1.54, 1.807) is 0 Å². The third-order valence-corrected chi connectivity index (χ3v) is 12.0. The lowest BCUT2D eigenvalue weighted by molar-refractivity contribution is 1.17. The van der Waals surface area contributed by atoms with Gasteiger partial charge in [-0.25, -0.2) is 0 Å². The molecule has 0 aliphatic rings. The molecule has 2 heteroatoms. The van der Waals surface area contributed by atoms with E-state index in [0.717, 1.165) is 5.69 Å². The van der Waals surface area contributed by atoms with Crippen LogP contribution in [-0.4, -0.2) is 9.13 Å². The first-order valence-electron chi connectivity index (χ1n) is 20.1. The molecule has 11 aromatic rings. The molecule has 11 rings (SSSR count). The van der Waals surface area contributed by atoms with Gasteiger partial charge in [-0.3, -0.25) is 0 Å². The van der Waals surface area contributed by atoms with Crippen molar-refractivity contribution in [2.75, 3.05) is 0 Å². The Hall–Kier alpha value is -7.42. The zero-order valence-electron chi connectivity index (χ0n) is 32.5. The molecule has 0 bridgehead atoms. The van der Waals surface area contributed by atoms with Gasteiger partial charge in [-0.2, -0.15) is 0 Å². The van der Waals surface area contributed by atoms with Gasteiger partial charge in [0.15, 0.2) is 0 Å². The van der Waals surface area contributed by atoms with E-state index in [-0.39, 0.29) is 0 Å². The third kappa shape index (κ3) is 5.56. The molecule has 0 fully saturated rings. The van der Waals surface area contributed by atoms with Crippen LogP contribution in [-0.2, 0) is 0 Å². The van der Waals surface area contributed by atoms with Crippen molar-refractivity contribution < 1.29 is 0 Å². The van der Waals surface area contributed by atoms with Crippen LogP contribution in [0.2, 0.25) is 0 Å². The van der Waals surface area contributed by atoms with E-state index in [0.29, 0.717) is 0 Å². The summed E-state index contributed by atoms with van der Waals surface area (Å²) in [6.45, 7) is 4.42. The molecule has 274 valence electrons. The van der Waals surface area contributed by atoms with Gasteiger partial charge in [0.25, 0.3) is 0 Å². The van der Waals surface area contributed by atoms with Gasteiger partial charge < -0.3 is 9.13 Å². The Morgan fingerprint density at radius 3 is 1.24 bits per heavy atom. The summed E-state index contributed by atoms with van der Waals surface area (Å²) in [6, 6.07) is 75.5. The van der Waals surface area contributed by atoms with Crippen molar-refractivity contribution in [2.45, 2.75) is 13.8 Å². The molecule has 2 heterocycles. The number of aryl methyl sites for hydroxylation is 2. The maximum absolute atomic E-state index is 2.42. The Labute approximate surface area is 338 Å². The Bertz CT molecular complexity index is 3330. The molecular weight excluding hydrogens is 701 g/mol. The fourth-order valence-electron chi connectivity index (χ4n) is 9.11. The van der Waals surface area contributed by atoms with E-state index in [4.69, 9.17) is 0 Å². The number of para-hydroxylation sites is 2. The predicted octanol–water partition coefficient (Wildman–Crippen LogP) is 15.2. The minimum atomic E-state index is 1.15. The standard InChI is InChI=1S/C56H40N2/c1-37-12-6-7-15-47(37)48-31-30-46(34-38(48)2)58-54-19-11-9-17-50(54)52-36-44(27-33-56(52)58)43-26-32-55-51(35-43)49-16-8-10-18-53(49)57(55)45-28-24-42(25-29-45)41-22-20-40(21-23-41)39-13-4-3-5-14-39/h3-36H,1-2H3. The lowest BCUT2D eigenvalue weighted by Crippen LogP contribution is -1.96. The number of fused-ring (bicyclic) bond motifs is 6. The largest absolute Gasteiger partial charge is 0.309 e. The van der Waals surface area contributed by atoms with Gasteiger partial charge in [0.2, 0.25) is 0 Å². The van der Waals surface area contributed by atoms with E-state index < -0.39 is 0 Å². The SMILES string of the molecule is Cc1ccccc1-c1ccc(-n2c3ccccc3c3cc(-c4ccc5c(c4)c4ccccc4n5-c4ccc(-c5ccc(-c6ccccc6)cc5)cc4)ccc32)cc1C. The molecule has 9 aromatic carbocycles. The molecule has 2 aromatic heterocycles. The highest BCUT2D eigenvalue weighted by Gasteiger charge is 2.17. The summed E-state index contributed by atoms with van der Waals surface area (Å²) < 4.78 is 4.82. The van der Waals surface area contributed by atoms with Crippen molar-refractivity contribution in [3.63, 3.8) is 0 Å². The Morgan fingerprint density at radius 1 is 0.259 bits per heavy atom. The molecule has 0 amide bonds. The number of nitrogens with zero attached hydrogens (tertiary/aromatic N) is 2. The smallest absolute Gasteiger partial charge is 0.0541 e. The molecule has 0 N–H and O–H groups in total. The molecule has 0 aliphatic heterocycles. The molecule has 0 radical (unpaired) electrons. The molecule has 0 aliphatic carbocycles. The number of aromatic nitrogens is 2. The molecule has 0 spiro atoms. The summed E-state index contributed by atoms with van der Waals surface area (Å²) in [6.07, 6.45) is 0. The van der Waals surface area contributed by atoms with E-state index in [2.05, 4.69) is 229 Å². The van der Waals surface area contributed by atoms with Gasteiger partial charge in [-0.15, -0.1) is 0 Å². The molecule has 58 heavy (non-hydrogen) atoms. The highest BCUT2D eigenvalue weighted by Crippen LogP contribution is 2.39. The van der Waals surface area contributed by atoms with Crippen LogP contribution in [0.25, 0.3) is 99.5 Å². The fraction of sp³-hybridized carbons (Fsp3) is 0.0357. The predicted molar refractivity (Wildman–Crippen MR) is 246 cm³/mol. The number of hydrogen-bond donors (Lipinski definition) is 0. The van der Waals surface area contributed by atoms with Crippen LogP contribution in [0.4, 0.5) is 0 Å². The van der Waals surface area contributed by atoms with Gasteiger partial charge in [0.05, 0.1) is 22.1 Å². The van der Waals surface area contributed by atoms with Gasteiger partial charge >= 0.3 is 0 Å². The van der Waals surface area contributed by atoms with Crippen molar-refractivity contribution >= 4 is 43.6 Å². The lowest BCUT2D eigenvalue weighted by Gasteiger charge is -2.14. The van der Waals surface area contributed by atoms with Gasteiger partial charge in [-0.05, 0) is 130 Å². The molecule has 0 unspecified atom stereocenters. The zero-order valence-corrected chi connectivity index (χ0v) is 32.5. The van der Waals surface area contributed by atoms with Gasteiger partial charge in [0.1, 0.15) is 0 Å². The van der Waals surface area contributed by atoms with Crippen molar-refractivity contribution in [3.05, 3.63) is 217 Å². The van der Waals surface area contributed by atoms with Gasteiger partial charge in [0, 0.05) is 32.9 Å². The van der Waals surface area contributed by atoms with Crippen molar-refractivity contribution in [3.8, 4) is 55.9 Å². The lowest BCUT2D eigenvalue weighted by atomic mass is 9.96. The van der Waals surface area contributed by atoms with Crippen molar-refractivity contribution in [2.24, 2.45) is 0 Å². The summed E-state index contributed by atoms with van der Waals surface area (Å²) >= 11 is 0. The molecule has 0 atom stereocenters. The van der Waals surface area contributed by atoms with Crippen molar-refractivity contribution in [1.82, 2.24) is 9.13 Å². The maximum atomic E-state index is 2.42. The Balaban J connectivity index is 0.970. The van der Waals surface area contributed by atoms with E-state index in [1.807, 2.05) is 0 Å². The summed E-state index contributed by atoms with van der Waals surface area (Å²) in [4.78, 5) is 0. The number of hydrogen-bond acceptors (Lipinski definition) is 0. The van der Waals surface area contributed by atoms with Crippen LogP contribution in [0.15, 0.2) is 206 Å². The summed E-state index contributed by atoms with van der Waals surface area (Å²) in [7, 11) is 0. The summed E-state index contributed by atoms with van der Waals surface area (Å²) in [5, 5.41) is 5.02. The topological polar surface area (TPSA) is 9.86 Å². The van der Waals surface area contributed by atoms with Crippen LogP contribution in [0, 0.1) is 13.8 Å². The van der Waals surface area contributed by atoms with Crippen molar-refractivity contribution in [1.29, 1.82) is 0 Å². The van der Waals surface area contributed by atoms with E-state index >= 15 is 0 Å². The van der Waals surface area contributed by atoms with Crippen LogP contribution in [0.1, 0.15) is 11.1 Å². The summed E-state index contributed by atoms with van der Waals surface area (Å²) in [5.41, 5.74) is 19.6. The first-order valence-corrected chi connectivity index (χ1v) is 20.1. The van der Waals surface area contributed by atoms with E-state index in [9.17, 15) is 0 Å². The van der Waals surface area contributed by atoms with Crippen LogP contribution >= 0.6 is 0 Å². The van der Waals surface area contributed by atoms with Crippen LogP contribution in [0.5, 0.6) is 0 Å². The molecule has 0 saturated heterocycles. The van der Waals surface area contributed by atoms with Gasteiger partial charge in [-0.1, -0.05) is 146 Å². The monoisotopic (exact) mass is 740 g/mol. The quantitative estimate of drug-likeness (QED) is 0.161. The first-order chi connectivity index (χ1) is 28.6. The highest BCUT2D eigenvalue weighted by atomic mass is 15.0. The minimum absolute atomic E-state index is 1.15. The van der Waals surface area contributed by atoms with Crippen LogP contribution in [0.3, 0.4) is 0 Å². The minimum Gasteiger partial charge on any atom is -0.309 e. The molecule has 0 saturated carbocycles.